The largest absolute Gasteiger partial charge is 0.379 e. The van der Waals surface area contributed by atoms with Gasteiger partial charge in [0.05, 0.1) is 19.3 Å². The molecule has 21 heavy (non-hydrogen) atoms. The lowest BCUT2D eigenvalue weighted by Crippen LogP contribution is -2.70. The third kappa shape index (κ3) is 2.88. The number of fused-ring (bicyclic) bond motifs is 1. The summed E-state index contributed by atoms with van der Waals surface area (Å²) in [5.41, 5.74) is 0.279. The van der Waals surface area contributed by atoms with Gasteiger partial charge in [-0.1, -0.05) is 13.8 Å². The minimum Gasteiger partial charge on any atom is -0.379 e. The predicted molar refractivity (Wildman–Crippen MR) is 84.5 cm³/mol. The molecule has 0 aromatic rings. The molecule has 2 saturated heterocycles. The summed E-state index contributed by atoms with van der Waals surface area (Å²) < 4.78 is 11.5. The van der Waals surface area contributed by atoms with Crippen molar-refractivity contribution in [1.29, 1.82) is 0 Å². The van der Waals surface area contributed by atoms with E-state index in [2.05, 4.69) is 37.9 Å². The minimum atomic E-state index is 0.279. The Bertz CT molecular complexity index is 361. The number of morpholine rings is 1. The Labute approximate surface area is 129 Å². The first kappa shape index (κ1) is 15.7. The van der Waals surface area contributed by atoms with Crippen molar-refractivity contribution in [3.05, 3.63) is 0 Å². The van der Waals surface area contributed by atoms with E-state index in [9.17, 15) is 0 Å². The molecule has 3 fully saturated rings. The molecule has 5 atom stereocenters. The summed E-state index contributed by atoms with van der Waals surface area (Å²) in [4.78, 5) is 2.58. The van der Waals surface area contributed by atoms with E-state index in [0.29, 0.717) is 24.2 Å². The van der Waals surface area contributed by atoms with Gasteiger partial charge in [-0.15, -0.1) is 0 Å². The Morgan fingerprint density at radius 3 is 2.90 bits per heavy atom. The van der Waals surface area contributed by atoms with Crippen LogP contribution in [0.5, 0.6) is 0 Å². The summed E-state index contributed by atoms with van der Waals surface area (Å²) in [5.74, 6) is 0.725. The maximum absolute atomic E-state index is 6.00. The summed E-state index contributed by atoms with van der Waals surface area (Å²) >= 11 is 0. The van der Waals surface area contributed by atoms with Gasteiger partial charge in [0.15, 0.2) is 0 Å². The predicted octanol–water partition coefficient (Wildman–Crippen LogP) is 1.89. The lowest BCUT2D eigenvalue weighted by Gasteiger charge is -2.60. The summed E-state index contributed by atoms with van der Waals surface area (Å²) in [6, 6.07) is 1.72. The van der Waals surface area contributed by atoms with Gasteiger partial charge in [0.25, 0.3) is 0 Å². The second-order valence-corrected chi connectivity index (χ2v) is 7.82. The zero-order chi connectivity index (χ0) is 15.0. The molecule has 1 saturated carbocycles. The van der Waals surface area contributed by atoms with Crippen molar-refractivity contribution in [2.45, 2.75) is 64.8 Å². The molecular weight excluding hydrogens is 264 g/mol. The quantitative estimate of drug-likeness (QED) is 0.859. The number of hydrogen-bond acceptors (Lipinski definition) is 4. The Morgan fingerprint density at radius 1 is 1.33 bits per heavy atom. The van der Waals surface area contributed by atoms with Crippen molar-refractivity contribution < 1.29 is 9.47 Å². The highest BCUT2D eigenvalue weighted by atomic mass is 16.5. The van der Waals surface area contributed by atoms with Gasteiger partial charge in [0.1, 0.15) is 0 Å². The van der Waals surface area contributed by atoms with Crippen molar-refractivity contribution in [2.24, 2.45) is 11.3 Å². The average molecular weight is 296 g/mol. The first-order valence-corrected chi connectivity index (χ1v) is 8.70. The minimum absolute atomic E-state index is 0.279. The molecule has 2 heterocycles. The van der Waals surface area contributed by atoms with E-state index in [-0.39, 0.29) is 5.41 Å². The van der Waals surface area contributed by atoms with Crippen molar-refractivity contribution in [3.63, 3.8) is 0 Å². The third-order valence-electron chi connectivity index (χ3n) is 5.95. The maximum atomic E-state index is 6.00. The third-order valence-corrected chi connectivity index (χ3v) is 5.95. The summed E-state index contributed by atoms with van der Waals surface area (Å²) in [6.07, 6.45) is 3.03. The zero-order valence-corrected chi connectivity index (χ0v) is 14.1. The van der Waals surface area contributed by atoms with Crippen LogP contribution in [0, 0.1) is 11.3 Å². The number of nitrogens with zero attached hydrogens (tertiary/aromatic N) is 1. The summed E-state index contributed by atoms with van der Waals surface area (Å²) in [7, 11) is 0. The maximum Gasteiger partial charge on any atom is 0.0684 e. The Morgan fingerprint density at radius 2 is 2.14 bits per heavy atom. The van der Waals surface area contributed by atoms with Crippen LogP contribution < -0.4 is 5.32 Å². The van der Waals surface area contributed by atoms with Gasteiger partial charge in [0.2, 0.25) is 0 Å². The van der Waals surface area contributed by atoms with E-state index in [1.165, 1.54) is 12.8 Å². The SMILES string of the molecule is C[C@H](CN[C@@H]1[C@@H]2CCCO[C@@H]2C1(C)C)N1CCOC[C@H]1C. The molecule has 2 aliphatic heterocycles. The second-order valence-electron chi connectivity index (χ2n) is 7.82. The van der Waals surface area contributed by atoms with E-state index in [4.69, 9.17) is 9.47 Å². The lowest BCUT2D eigenvalue weighted by atomic mass is 9.55. The molecule has 1 N–H and O–H groups in total. The monoisotopic (exact) mass is 296 g/mol. The van der Waals surface area contributed by atoms with E-state index >= 15 is 0 Å². The second kappa shape index (κ2) is 6.15. The van der Waals surface area contributed by atoms with Crippen LogP contribution in [-0.4, -0.2) is 62.0 Å². The highest BCUT2D eigenvalue weighted by molar-refractivity contribution is 5.10. The summed E-state index contributed by atoms with van der Waals surface area (Å²) in [5, 5.41) is 3.86. The van der Waals surface area contributed by atoms with Crippen LogP contribution in [0.2, 0.25) is 0 Å². The van der Waals surface area contributed by atoms with E-state index in [1.54, 1.807) is 0 Å². The number of nitrogens with one attached hydrogen (secondary N) is 1. The normalized spacial score (nSPS) is 41.1. The average Bonchev–Trinajstić information content (AvgIpc) is 2.47. The Balaban J connectivity index is 1.52. The molecule has 0 amide bonds. The van der Waals surface area contributed by atoms with Crippen LogP contribution in [-0.2, 0) is 9.47 Å². The highest BCUT2D eigenvalue weighted by Crippen LogP contribution is 2.51. The Kier molecular flexibility index (Phi) is 4.60. The van der Waals surface area contributed by atoms with Crippen LogP contribution in [0.15, 0.2) is 0 Å². The molecule has 122 valence electrons. The molecule has 3 aliphatic rings. The van der Waals surface area contributed by atoms with Gasteiger partial charge < -0.3 is 14.8 Å². The van der Waals surface area contributed by atoms with Crippen LogP contribution in [0.1, 0.15) is 40.5 Å². The topological polar surface area (TPSA) is 33.7 Å². The van der Waals surface area contributed by atoms with Crippen LogP contribution in [0.25, 0.3) is 0 Å². The van der Waals surface area contributed by atoms with E-state index in [1.807, 2.05) is 0 Å². The first-order chi connectivity index (χ1) is 10.0. The molecule has 0 radical (unpaired) electrons. The zero-order valence-electron chi connectivity index (χ0n) is 14.1. The fourth-order valence-corrected chi connectivity index (χ4v) is 4.75. The van der Waals surface area contributed by atoms with Crippen LogP contribution in [0.3, 0.4) is 0 Å². The molecule has 0 aromatic carbocycles. The fraction of sp³-hybridized carbons (Fsp3) is 1.00. The van der Waals surface area contributed by atoms with Crippen molar-refractivity contribution >= 4 is 0 Å². The lowest BCUT2D eigenvalue weighted by molar-refractivity contribution is -0.193. The molecule has 4 nitrogen and oxygen atoms in total. The molecule has 3 rings (SSSR count). The van der Waals surface area contributed by atoms with Crippen LogP contribution in [0.4, 0.5) is 0 Å². The molecule has 4 heteroatoms. The van der Waals surface area contributed by atoms with E-state index in [0.717, 1.165) is 38.8 Å². The molecule has 0 unspecified atom stereocenters. The van der Waals surface area contributed by atoms with Gasteiger partial charge in [-0.25, -0.2) is 0 Å². The van der Waals surface area contributed by atoms with Crippen LogP contribution >= 0.6 is 0 Å². The number of rotatable bonds is 4. The summed E-state index contributed by atoms with van der Waals surface area (Å²) in [6.45, 7) is 14.2. The van der Waals surface area contributed by atoms with E-state index < -0.39 is 0 Å². The van der Waals surface area contributed by atoms with Crippen molar-refractivity contribution in [2.75, 3.05) is 32.9 Å². The molecule has 0 spiro atoms. The number of hydrogen-bond donors (Lipinski definition) is 1. The fourth-order valence-electron chi connectivity index (χ4n) is 4.75. The van der Waals surface area contributed by atoms with Gasteiger partial charge in [-0.2, -0.15) is 0 Å². The van der Waals surface area contributed by atoms with Gasteiger partial charge >= 0.3 is 0 Å². The molecule has 0 bridgehead atoms. The Hall–Kier alpha value is -0.160. The van der Waals surface area contributed by atoms with Gasteiger partial charge in [0, 0.05) is 49.2 Å². The van der Waals surface area contributed by atoms with Gasteiger partial charge in [-0.05, 0) is 26.7 Å². The first-order valence-electron chi connectivity index (χ1n) is 8.70. The molecular formula is C17H32N2O2. The molecule has 0 aromatic heterocycles. The van der Waals surface area contributed by atoms with Crippen molar-refractivity contribution in [1.82, 2.24) is 10.2 Å². The highest BCUT2D eigenvalue weighted by Gasteiger charge is 2.57. The smallest absolute Gasteiger partial charge is 0.0684 e. The number of ether oxygens (including phenoxy) is 2. The standard InChI is InChI=1S/C17H32N2O2/c1-12(19-7-9-20-11-13(19)2)10-18-15-14-6-5-8-21-16(14)17(15,3)4/h12-16,18H,5-11H2,1-4H3/t12-,13-,14+,15-,16+/m1/s1. The van der Waals surface area contributed by atoms with Crippen molar-refractivity contribution in [3.8, 4) is 0 Å². The van der Waals surface area contributed by atoms with Gasteiger partial charge in [-0.3, -0.25) is 4.90 Å². The molecule has 1 aliphatic carbocycles.